The molecule has 0 radical (unpaired) electrons. The molecule has 124 valence electrons. The number of fused-ring (bicyclic) bond motifs is 2. The molecule has 6 heteroatoms. The van der Waals surface area contributed by atoms with E-state index in [0.29, 0.717) is 23.0 Å². The Bertz CT molecular complexity index is 928. The summed E-state index contributed by atoms with van der Waals surface area (Å²) >= 11 is 0. The normalized spacial score (nSPS) is 12.4. The van der Waals surface area contributed by atoms with Gasteiger partial charge in [-0.25, -0.2) is 9.97 Å². The Labute approximate surface area is 145 Å². The zero-order valence-corrected chi connectivity index (χ0v) is 14.3. The maximum Gasteiger partial charge on any atom is 0.166 e. The number of ether oxygens (including phenoxy) is 1. The first-order chi connectivity index (χ1) is 12.2. The number of hydrogen-bond acceptors (Lipinski definition) is 6. The lowest BCUT2D eigenvalue weighted by molar-refractivity contribution is 0.416. The van der Waals surface area contributed by atoms with Gasteiger partial charge in [0.15, 0.2) is 11.6 Å². The summed E-state index contributed by atoms with van der Waals surface area (Å²) in [5, 5.41) is 8.80. The molecule has 3 aromatic rings. The molecule has 3 heterocycles. The molecule has 0 saturated carbocycles. The van der Waals surface area contributed by atoms with Crippen molar-refractivity contribution in [3.8, 4) is 5.75 Å². The summed E-state index contributed by atoms with van der Waals surface area (Å²) in [5.41, 5.74) is 4.27. The summed E-state index contributed by atoms with van der Waals surface area (Å²) in [4.78, 5) is 11.2. The maximum atomic E-state index is 5.56. The smallest absolute Gasteiger partial charge is 0.166 e. The molecule has 0 saturated heterocycles. The van der Waals surface area contributed by atoms with Crippen molar-refractivity contribution in [1.82, 2.24) is 9.97 Å². The first kappa shape index (κ1) is 15.3. The number of hydrogen-bond donors (Lipinski definition) is 0. The molecule has 0 amide bonds. The predicted molar refractivity (Wildman–Crippen MR) is 96.9 cm³/mol. The zero-order chi connectivity index (χ0) is 17.4. The fourth-order valence-electron chi connectivity index (χ4n) is 2.84. The van der Waals surface area contributed by atoms with Gasteiger partial charge in [0, 0.05) is 12.4 Å². The van der Waals surface area contributed by atoms with Crippen LogP contribution < -0.4 is 9.64 Å². The number of para-hydroxylation sites is 2. The van der Waals surface area contributed by atoms with Gasteiger partial charge in [-0.3, -0.25) is 4.90 Å². The van der Waals surface area contributed by atoms with Gasteiger partial charge in [0.05, 0.1) is 12.8 Å². The summed E-state index contributed by atoms with van der Waals surface area (Å²) in [5.74, 6) is 2.08. The summed E-state index contributed by atoms with van der Waals surface area (Å²) < 4.78 is 5.56. The van der Waals surface area contributed by atoms with E-state index in [9.17, 15) is 0 Å². The molecule has 0 atom stereocenters. The standard InChI is InChI=1S/C19H17N5O/c1-12-8-14-18(20-10-12)24(16-6-4-5-7-17(16)25-3)19-15(23-22-14)9-13(2)11-21-19/h4-11H,1-3H3. The summed E-state index contributed by atoms with van der Waals surface area (Å²) in [6, 6.07) is 11.7. The van der Waals surface area contributed by atoms with E-state index in [0.717, 1.165) is 22.6 Å². The number of pyridine rings is 2. The van der Waals surface area contributed by atoms with Crippen molar-refractivity contribution in [2.24, 2.45) is 10.2 Å². The molecule has 2 aromatic heterocycles. The van der Waals surface area contributed by atoms with Crippen molar-refractivity contribution in [2.75, 3.05) is 12.0 Å². The monoisotopic (exact) mass is 331 g/mol. The molecule has 25 heavy (non-hydrogen) atoms. The topological polar surface area (TPSA) is 63.0 Å². The lowest BCUT2D eigenvalue weighted by Crippen LogP contribution is -2.14. The van der Waals surface area contributed by atoms with Crippen molar-refractivity contribution in [1.29, 1.82) is 0 Å². The van der Waals surface area contributed by atoms with Crippen LogP contribution >= 0.6 is 0 Å². The summed E-state index contributed by atoms with van der Waals surface area (Å²) in [6.45, 7) is 3.97. The second-order valence-corrected chi connectivity index (χ2v) is 5.92. The molecular formula is C19H17N5O. The Morgan fingerprint density at radius 3 is 1.96 bits per heavy atom. The van der Waals surface area contributed by atoms with Crippen molar-refractivity contribution in [3.63, 3.8) is 0 Å². The van der Waals surface area contributed by atoms with Crippen LogP contribution in [0.1, 0.15) is 11.1 Å². The highest BCUT2D eigenvalue weighted by atomic mass is 16.5. The second-order valence-electron chi connectivity index (χ2n) is 5.92. The third-order valence-electron chi connectivity index (χ3n) is 3.98. The summed E-state index contributed by atoms with van der Waals surface area (Å²) in [7, 11) is 1.65. The maximum absolute atomic E-state index is 5.56. The fraction of sp³-hybridized carbons (Fsp3) is 0.158. The lowest BCUT2D eigenvalue weighted by Gasteiger charge is -2.25. The van der Waals surface area contributed by atoms with E-state index in [1.165, 1.54) is 0 Å². The van der Waals surface area contributed by atoms with E-state index in [2.05, 4.69) is 20.2 Å². The van der Waals surface area contributed by atoms with Crippen LogP contribution in [0, 0.1) is 13.8 Å². The number of aryl methyl sites for hydroxylation is 2. The molecule has 0 fully saturated rings. The number of methoxy groups -OCH3 is 1. The summed E-state index contributed by atoms with van der Waals surface area (Å²) in [6.07, 6.45) is 3.63. The molecule has 0 unspecified atom stereocenters. The average Bonchev–Trinajstić information content (AvgIpc) is 2.78. The first-order valence-electron chi connectivity index (χ1n) is 7.95. The van der Waals surface area contributed by atoms with E-state index in [4.69, 9.17) is 4.74 Å². The van der Waals surface area contributed by atoms with Crippen molar-refractivity contribution >= 4 is 28.7 Å². The minimum Gasteiger partial charge on any atom is -0.495 e. The Morgan fingerprint density at radius 2 is 1.40 bits per heavy atom. The van der Waals surface area contributed by atoms with Crippen molar-refractivity contribution in [2.45, 2.75) is 13.8 Å². The third kappa shape index (κ3) is 2.61. The van der Waals surface area contributed by atoms with Gasteiger partial charge in [-0.1, -0.05) is 12.1 Å². The van der Waals surface area contributed by atoms with Crippen molar-refractivity contribution < 1.29 is 4.74 Å². The molecule has 0 bridgehead atoms. The molecule has 0 N–H and O–H groups in total. The number of anilines is 3. The highest BCUT2D eigenvalue weighted by molar-refractivity contribution is 5.87. The lowest BCUT2D eigenvalue weighted by atomic mass is 10.2. The largest absolute Gasteiger partial charge is 0.495 e. The minimum absolute atomic E-state index is 0.675. The van der Waals surface area contributed by atoms with E-state index in [1.54, 1.807) is 7.11 Å². The SMILES string of the molecule is COc1ccccc1N1c2ncc(C)cc2N=Nc2cc(C)cnc21. The van der Waals surface area contributed by atoms with E-state index in [1.807, 2.05) is 67.5 Å². The van der Waals surface area contributed by atoms with Gasteiger partial charge < -0.3 is 4.74 Å². The van der Waals surface area contributed by atoms with Gasteiger partial charge in [0.25, 0.3) is 0 Å². The van der Waals surface area contributed by atoms with Crippen LogP contribution in [0.3, 0.4) is 0 Å². The highest BCUT2D eigenvalue weighted by Crippen LogP contribution is 2.47. The molecule has 0 aliphatic carbocycles. The van der Waals surface area contributed by atoms with Gasteiger partial charge >= 0.3 is 0 Å². The molecule has 1 aromatic carbocycles. The third-order valence-corrected chi connectivity index (χ3v) is 3.98. The first-order valence-corrected chi connectivity index (χ1v) is 7.95. The van der Waals surface area contributed by atoms with Gasteiger partial charge in [-0.2, -0.15) is 0 Å². The van der Waals surface area contributed by atoms with Crippen LogP contribution in [-0.4, -0.2) is 17.1 Å². The molecule has 4 rings (SSSR count). The van der Waals surface area contributed by atoms with Crippen LogP contribution in [0.4, 0.5) is 28.7 Å². The number of azo groups is 1. The average molecular weight is 331 g/mol. The van der Waals surface area contributed by atoms with Crippen molar-refractivity contribution in [3.05, 3.63) is 59.9 Å². The van der Waals surface area contributed by atoms with Gasteiger partial charge in [-0.05, 0) is 49.2 Å². The van der Waals surface area contributed by atoms with Gasteiger partial charge in [0.1, 0.15) is 17.1 Å². The fourth-order valence-corrected chi connectivity index (χ4v) is 2.84. The Kier molecular flexibility index (Phi) is 3.65. The van der Waals surface area contributed by atoms with Crippen LogP contribution in [0.2, 0.25) is 0 Å². The minimum atomic E-state index is 0.675. The molecule has 0 spiro atoms. The Morgan fingerprint density at radius 1 is 0.840 bits per heavy atom. The predicted octanol–water partition coefficient (Wildman–Crippen LogP) is 5.30. The van der Waals surface area contributed by atoms with Crippen LogP contribution in [0.25, 0.3) is 0 Å². The number of rotatable bonds is 2. The van der Waals surface area contributed by atoms with Gasteiger partial charge in [0.2, 0.25) is 0 Å². The van der Waals surface area contributed by atoms with Crippen LogP contribution in [0.15, 0.2) is 59.0 Å². The van der Waals surface area contributed by atoms with Crippen LogP contribution in [0.5, 0.6) is 5.75 Å². The van der Waals surface area contributed by atoms with Gasteiger partial charge in [-0.15, -0.1) is 10.2 Å². The Balaban J connectivity index is 2.04. The van der Waals surface area contributed by atoms with E-state index in [-0.39, 0.29) is 0 Å². The van der Waals surface area contributed by atoms with E-state index >= 15 is 0 Å². The molecule has 1 aliphatic heterocycles. The Hall–Kier alpha value is -3.28. The molecular weight excluding hydrogens is 314 g/mol. The number of nitrogens with zero attached hydrogens (tertiary/aromatic N) is 5. The van der Waals surface area contributed by atoms with E-state index < -0.39 is 0 Å². The quantitative estimate of drug-likeness (QED) is 0.500. The molecule has 6 nitrogen and oxygen atoms in total. The number of aromatic nitrogens is 2. The molecule has 1 aliphatic rings. The zero-order valence-electron chi connectivity index (χ0n) is 14.3. The second kappa shape index (κ2) is 5.98. The highest BCUT2D eigenvalue weighted by Gasteiger charge is 2.26. The number of benzene rings is 1. The van der Waals surface area contributed by atoms with Crippen LogP contribution in [-0.2, 0) is 0 Å².